The van der Waals surface area contributed by atoms with Crippen molar-refractivity contribution in [3.63, 3.8) is 0 Å². The summed E-state index contributed by atoms with van der Waals surface area (Å²) in [5.41, 5.74) is 3.73. The minimum Gasteiger partial charge on any atom is -0.493 e. The first-order valence-corrected chi connectivity index (χ1v) is 5.30. The quantitative estimate of drug-likeness (QED) is 0.440. The maximum atomic E-state index is 5.66. The third kappa shape index (κ3) is 4.02. The van der Waals surface area contributed by atoms with Crippen molar-refractivity contribution in [2.45, 2.75) is 19.8 Å². The van der Waals surface area contributed by atoms with Crippen LogP contribution >= 0.6 is 0 Å². The maximum absolute atomic E-state index is 5.66. The number of para-hydroxylation sites is 1. The molecule has 1 aromatic rings. The van der Waals surface area contributed by atoms with Crippen LogP contribution in [0.15, 0.2) is 29.4 Å². The Kier molecular flexibility index (Phi) is 5.30. The zero-order valence-corrected chi connectivity index (χ0v) is 9.36. The van der Waals surface area contributed by atoms with Gasteiger partial charge in [-0.05, 0) is 18.6 Å². The molecule has 0 amide bonds. The molecular weight excluding hydrogens is 188 g/mol. The first-order chi connectivity index (χ1) is 7.38. The van der Waals surface area contributed by atoms with Gasteiger partial charge < -0.3 is 10.2 Å². The van der Waals surface area contributed by atoms with Gasteiger partial charge in [-0.3, -0.25) is 0 Å². The van der Waals surface area contributed by atoms with Gasteiger partial charge in [-0.1, -0.05) is 25.5 Å². The van der Waals surface area contributed by atoms with Gasteiger partial charge in [-0.2, -0.15) is 5.10 Å². The van der Waals surface area contributed by atoms with Crippen LogP contribution in [0.3, 0.4) is 0 Å². The van der Waals surface area contributed by atoms with E-state index in [0.29, 0.717) is 0 Å². The molecule has 1 aromatic carbocycles. The molecule has 0 atom stereocenters. The molecule has 0 aliphatic rings. The fourth-order valence-electron chi connectivity index (χ4n) is 1.18. The van der Waals surface area contributed by atoms with Crippen molar-refractivity contribution < 1.29 is 4.74 Å². The van der Waals surface area contributed by atoms with Crippen molar-refractivity contribution in [1.29, 1.82) is 0 Å². The minimum atomic E-state index is 0.765. The lowest BCUT2D eigenvalue weighted by Crippen LogP contribution is -2.01. The molecule has 82 valence electrons. The van der Waals surface area contributed by atoms with E-state index < -0.39 is 0 Å². The molecular formula is C12H18N2O. The van der Waals surface area contributed by atoms with E-state index in [1.807, 2.05) is 24.3 Å². The summed E-state index contributed by atoms with van der Waals surface area (Å²) in [6.45, 7) is 2.92. The van der Waals surface area contributed by atoms with E-state index in [0.717, 1.165) is 30.8 Å². The molecule has 0 fully saturated rings. The van der Waals surface area contributed by atoms with Crippen LogP contribution in [0.5, 0.6) is 5.75 Å². The zero-order valence-electron chi connectivity index (χ0n) is 9.36. The molecule has 0 unspecified atom stereocenters. The number of nitrogens with zero attached hydrogens (tertiary/aromatic N) is 1. The fraction of sp³-hybridized carbons (Fsp3) is 0.417. The van der Waals surface area contributed by atoms with E-state index in [2.05, 4.69) is 17.5 Å². The lowest BCUT2D eigenvalue weighted by Gasteiger charge is -2.07. The monoisotopic (exact) mass is 206 g/mol. The largest absolute Gasteiger partial charge is 0.493 e. The Bertz CT molecular complexity index is 310. The third-order valence-electron chi connectivity index (χ3n) is 2.01. The summed E-state index contributed by atoms with van der Waals surface area (Å²) >= 11 is 0. The van der Waals surface area contributed by atoms with Crippen LogP contribution in [0.1, 0.15) is 25.3 Å². The van der Waals surface area contributed by atoms with E-state index in [4.69, 9.17) is 4.74 Å². The molecule has 0 heterocycles. The number of hydrogen-bond donors (Lipinski definition) is 1. The van der Waals surface area contributed by atoms with Gasteiger partial charge in [0.05, 0.1) is 12.8 Å². The molecule has 0 spiro atoms. The van der Waals surface area contributed by atoms with Gasteiger partial charge in [0.25, 0.3) is 0 Å². The Morgan fingerprint density at radius 3 is 2.93 bits per heavy atom. The van der Waals surface area contributed by atoms with Crippen molar-refractivity contribution >= 4 is 6.21 Å². The molecule has 15 heavy (non-hydrogen) atoms. The molecule has 0 aromatic heterocycles. The van der Waals surface area contributed by atoms with Gasteiger partial charge in [-0.15, -0.1) is 0 Å². The van der Waals surface area contributed by atoms with Crippen molar-refractivity contribution in [1.82, 2.24) is 5.43 Å². The molecule has 0 aliphatic carbocycles. The summed E-state index contributed by atoms with van der Waals surface area (Å²) in [6.07, 6.45) is 3.99. The summed E-state index contributed by atoms with van der Waals surface area (Å²) in [7, 11) is 1.77. The Labute approximate surface area is 91.1 Å². The van der Waals surface area contributed by atoms with E-state index in [9.17, 15) is 0 Å². The van der Waals surface area contributed by atoms with Crippen LogP contribution in [0.2, 0.25) is 0 Å². The highest BCUT2D eigenvalue weighted by atomic mass is 16.5. The van der Waals surface area contributed by atoms with Gasteiger partial charge in [0.15, 0.2) is 0 Å². The van der Waals surface area contributed by atoms with Gasteiger partial charge >= 0.3 is 0 Å². The number of rotatable bonds is 6. The highest BCUT2D eigenvalue weighted by molar-refractivity contribution is 5.83. The van der Waals surface area contributed by atoms with Crippen LogP contribution in [0.4, 0.5) is 0 Å². The summed E-state index contributed by atoms with van der Waals surface area (Å²) < 4.78 is 5.66. The zero-order chi connectivity index (χ0) is 10.9. The van der Waals surface area contributed by atoms with Gasteiger partial charge in [0, 0.05) is 12.6 Å². The lowest BCUT2D eigenvalue weighted by molar-refractivity contribution is 0.309. The summed E-state index contributed by atoms with van der Waals surface area (Å²) in [5, 5.41) is 3.98. The average molecular weight is 206 g/mol. The second kappa shape index (κ2) is 6.87. The summed E-state index contributed by atoms with van der Waals surface area (Å²) in [4.78, 5) is 0. The van der Waals surface area contributed by atoms with Crippen LogP contribution in [-0.4, -0.2) is 19.9 Å². The Morgan fingerprint density at radius 1 is 1.40 bits per heavy atom. The Hall–Kier alpha value is -1.51. The SMILES string of the molecule is CCCCOc1ccccc1/C=N/NC. The van der Waals surface area contributed by atoms with E-state index in [1.165, 1.54) is 0 Å². The second-order valence-corrected chi connectivity index (χ2v) is 3.22. The summed E-state index contributed by atoms with van der Waals surface area (Å²) in [5.74, 6) is 0.893. The number of hydrogen-bond acceptors (Lipinski definition) is 3. The smallest absolute Gasteiger partial charge is 0.128 e. The number of benzene rings is 1. The van der Waals surface area contributed by atoms with Crippen LogP contribution < -0.4 is 10.2 Å². The minimum absolute atomic E-state index is 0.765. The summed E-state index contributed by atoms with van der Waals surface area (Å²) in [6, 6.07) is 7.90. The number of hydrazone groups is 1. The molecule has 3 heteroatoms. The molecule has 3 nitrogen and oxygen atoms in total. The number of ether oxygens (including phenoxy) is 1. The highest BCUT2D eigenvalue weighted by Gasteiger charge is 1.99. The van der Waals surface area contributed by atoms with Crippen LogP contribution in [0.25, 0.3) is 0 Å². The maximum Gasteiger partial charge on any atom is 0.128 e. The van der Waals surface area contributed by atoms with E-state index in [-0.39, 0.29) is 0 Å². The van der Waals surface area contributed by atoms with Gasteiger partial charge in [0.1, 0.15) is 5.75 Å². The molecule has 0 saturated carbocycles. The first-order valence-electron chi connectivity index (χ1n) is 5.30. The molecule has 0 saturated heterocycles. The molecule has 0 aliphatic heterocycles. The second-order valence-electron chi connectivity index (χ2n) is 3.22. The fourth-order valence-corrected chi connectivity index (χ4v) is 1.18. The van der Waals surface area contributed by atoms with Crippen molar-refractivity contribution in [3.8, 4) is 5.75 Å². The standard InChI is InChI=1S/C12H18N2O/c1-3-4-9-15-12-8-6-5-7-11(12)10-14-13-2/h5-8,10,13H,3-4,9H2,1-2H3/b14-10+. The Morgan fingerprint density at radius 2 is 2.20 bits per heavy atom. The highest BCUT2D eigenvalue weighted by Crippen LogP contribution is 2.16. The predicted molar refractivity (Wildman–Crippen MR) is 63.5 cm³/mol. The van der Waals surface area contributed by atoms with Crippen LogP contribution in [0, 0.1) is 0 Å². The van der Waals surface area contributed by atoms with Crippen molar-refractivity contribution in [3.05, 3.63) is 29.8 Å². The average Bonchev–Trinajstić information content (AvgIpc) is 2.28. The van der Waals surface area contributed by atoms with Gasteiger partial charge in [0.2, 0.25) is 0 Å². The third-order valence-corrected chi connectivity index (χ3v) is 2.01. The normalized spacial score (nSPS) is 10.5. The predicted octanol–water partition coefficient (Wildman–Crippen LogP) is 2.42. The van der Waals surface area contributed by atoms with Crippen LogP contribution in [-0.2, 0) is 0 Å². The Balaban J connectivity index is 2.64. The molecule has 0 bridgehead atoms. The first kappa shape index (κ1) is 11.6. The molecule has 0 radical (unpaired) electrons. The van der Waals surface area contributed by atoms with Crippen molar-refractivity contribution in [2.24, 2.45) is 5.10 Å². The molecule has 1 N–H and O–H groups in total. The van der Waals surface area contributed by atoms with E-state index in [1.54, 1.807) is 13.3 Å². The van der Waals surface area contributed by atoms with Crippen molar-refractivity contribution in [2.75, 3.05) is 13.7 Å². The number of unbranched alkanes of at least 4 members (excludes halogenated alkanes) is 1. The van der Waals surface area contributed by atoms with E-state index >= 15 is 0 Å². The molecule has 1 rings (SSSR count). The lowest BCUT2D eigenvalue weighted by atomic mass is 10.2. The topological polar surface area (TPSA) is 33.6 Å². The number of nitrogens with one attached hydrogen (secondary N) is 1. The van der Waals surface area contributed by atoms with Gasteiger partial charge in [-0.25, -0.2) is 0 Å².